The predicted octanol–water partition coefficient (Wildman–Crippen LogP) is 4.72. The molecule has 2 nitrogen and oxygen atoms in total. The zero-order chi connectivity index (χ0) is 15.3. The molecule has 4 heteroatoms. The molecule has 1 aromatic heterocycles. The van der Waals surface area contributed by atoms with Crippen LogP contribution in [0.1, 0.15) is 25.3 Å². The van der Waals surface area contributed by atoms with E-state index in [1.165, 1.54) is 29.9 Å². The Morgan fingerprint density at radius 3 is 2.64 bits per heavy atom. The molecule has 0 unspecified atom stereocenters. The van der Waals surface area contributed by atoms with Gasteiger partial charge in [-0.3, -0.25) is 0 Å². The van der Waals surface area contributed by atoms with Gasteiger partial charge >= 0.3 is 0 Å². The van der Waals surface area contributed by atoms with Crippen molar-refractivity contribution < 1.29 is 0 Å². The molecule has 1 aromatic carbocycles. The number of hydrogen-bond donors (Lipinski definition) is 0. The summed E-state index contributed by atoms with van der Waals surface area (Å²) in [5.41, 5.74) is 1.45. The van der Waals surface area contributed by atoms with Crippen molar-refractivity contribution in [2.24, 2.45) is 5.92 Å². The third-order valence-corrected chi connectivity index (χ3v) is 8.06. The summed E-state index contributed by atoms with van der Waals surface area (Å²) in [6, 6.07) is 10.9. The lowest BCUT2D eigenvalue weighted by atomic mass is 10.1. The molecule has 0 spiro atoms. The van der Waals surface area contributed by atoms with Crippen LogP contribution in [0.15, 0.2) is 49.1 Å². The molecule has 2 aromatic rings. The van der Waals surface area contributed by atoms with Crippen molar-refractivity contribution >= 4 is 23.5 Å². The Kier molecular flexibility index (Phi) is 5.53. The van der Waals surface area contributed by atoms with Crippen LogP contribution in [0.25, 0.3) is 0 Å². The topological polar surface area (TPSA) is 17.8 Å². The summed E-state index contributed by atoms with van der Waals surface area (Å²) in [7, 11) is 0. The average Bonchev–Trinajstić information content (AvgIpc) is 3.08. The monoisotopic (exact) mass is 332 g/mol. The molecule has 2 heterocycles. The second-order valence-electron chi connectivity index (χ2n) is 6.03. The highest BCUT2D eigenvalue weighted by atomic mass is 32.2. The fourth-order valence-corrected chi connectivity index (χ4v) is 6.47. The number of rotatable bonds is 6. The number of aryl methyl sites for hydroxylation is 1. The molecule has 3 rings (SSSR count). The van der Waals surface area contributed by atoms with E-state index in [9.17, 15) is 0 Å². The van der Waals surface area contributed by atoms with Crippen molar-refractivity contribution in [3.8, 4) is 0 Å². The first-order chi connectivity index (χ1) is 10.8. The molecule has 0 amide bonds. The molecule has 1 fully saturated rings. The lowest BCUT2D eigenvalue weighted by molar-refractivity contribution is 0.566. The molecule has 118 valence electrons. The van der Waals surface area contributed by atoms with E-state index in [0.717, 1.165) is 18.9 Å². The zero-order valence-corrected chi connectivity index (χ0v) is 14.8. The van der Waals surface area contributed by atoms with E-state index in [0.29, 0.717) is 4.08 Å². The highest BCUT2D eigenvalue weighted by molar-refractivity contribution is 8.18. The Morgan fingerprint density at radius 1 is 1.23 bits per heavy atom. The van der Waals surface area contributed by atoms with Crippen molar-refractivity contribution in [2.75, 3.05) is 11.5 Å². The van der Waals surface area contributed by atoms with Gasteiger partial charge in [0.2, 0.25) is 0 Å². The van der Waals surface area contributed by atoms with Gasteiger partial charge in [0.15, 0.2) is 0 Å². The summed E-state index contributed by atoms with van der Waals surface area (Å²) in [6.07, 6.45) is 9.62. The van der Waals surface area contributed by atoms with Crippen molar-refractivity contribution in [2.45, 2.75) is 36.8 Å². The largest absolute Gasteiger partial charge is 0.335 e. The van der Waals surface area contributed by atoms with Crippen LogP contribution < -0.4 is 0 Å². The van der Waals surface area contributed by atoms with E-state index in [1.807, 2.05) is 12.5 Å². The maximum absolute atomic E-state index is 4.21. The predicted molar refractivity (Wildman–Crippen MR) is 98.4 cm³/mol. The van der Waals surface area contributed by atoms with Crippen molar-refractivity contribution in [1.29, 1.82) is 0 Å². The van der Waals surface area contributed by atoms with Gasteiger partial charge in [-0.05, 0) is 35.8 Å². The smallest absolute Gasteiger partial charge is 0.0946 e. The highest BCUT2D eigenvalue weighted by Gasteiger charge is 2.36. The minimum atomic E-state index is 0.294. The molecule has 0 bridgehead atoms. The maximum atomic E-state index is 4.21. The Hall–Kier alpha value is -0.870. The Bertz CT molecular complexity index is 546. The number of benzene rings is 1. The number of nitrogens with zero attached hydrogens (tertiary/aromatic N) is 2. The van der Waals surface area contributed by atoms with Crippen LogP contribution in [0.3, 0.4) is 0 Å². The van der Waals surface area contributed by atoms with Gasteiger partial charge in [-0.1, -0.05) is 43.7 Å². The first-order valence-corrected chi connectivity index (χ1v) is 10.0. The minimum absolute atomic E-state index is 0.294. The molecule has 0 radical (unpaired) electrons. The minimum Gasteiger partial charge on any atom is -0.335 e. The summed E-state index contributed by atoms with van der Waals surface area (Å²) < 4.78 is 2.54. The summed E-state index contributed by atoms with van der Waals surface area (Å²) >= 11 is 4.35. The molecule has 0 aliphatic carbocycles. The molecule has 22 heavy (non-hydrogen) atoms. The molecule has 1 aliphatic heterocycles. The van der Waals surface area contributed by atoms with Crippen LogP contribution in [-0.2, 0) is 13.0 Å². The third kappa shape index (κ3) is 4.11. The lowest BCUT2D eigenvalue weighted by Gasteiger charge is -2.39. The second kappa shape index (κ2) is 7.60. The van der Waals surface area contributed by atoms with E-state index in [-0.39, 0.29) is 0 Å². The fraction of sp³-hybridized carbons (Fsp3) is 0.500. The van der Waals surface area contributed by atoms with Gasteiger partial charge in [0.25, 0.3) is 0 Å². The van der Waals surface area contributed by atoms with Gasteiger partial charge in [0.05, 0.1) is 10.4 Å². The Balaban J connectivity index is 1.68. The molecule has 0 N–H and O–H groups in total. The average molecular weight is 333 g/mol. The summed E-state index contributed by atoms with van der Waals surface area (Å²) in [5.74, 6) is 3.47. The fourth-order valence-electron chi connectivity index (χ4n) is 2.82. The highest BCUT2D eigenvalue weighted by Crippen LogP contribution is 2.48. The Morgan fingerprint density at radius 2 is 2.00 bits per heavy atom. The number of thioether (sulfide) groups is 2. The van der Waals surface area contributed by atoms with Gasteiger partial charge in [0, 0.05) is 18.9 Å². The molecule has 0 atom stereocenters. The van der Waals surface area contributed by atoms with E-state index < -0.39 is 0 Å². The van der Waals surface area contributed by atoms with Crippen LogP contribution >= 0.6 is 23.5 Å². The van der Waals surface area contributed by atoms with Gasteiger partial charge in [-0.15, -0.1) is 23.5 Å². The third-order valence-electron chi connectivity index (χ3n) is 4.36. The summed E-state index contributed by atoms with van der Waals surface area (Å²) in [5, 5.41) is 0. The summed E-state index contributed by atoms with van der Waals surface area (Å²) in [6.45, 7) is 3.38. The van der Waals surface area contributed by atoms with Gasteiger partial charge in [-0.2, -0.15) is 0 Å². The quantitative estimate of drug-likeness (QED) is 0.762. The lowest BCUT2D eigenvalue weighted by Crippen LogP contribution is -2.34. The molecular formula is C18H24N2S2. The second-order valence-corrected chi connectivity index (χ2v) is 9.09. The molecule has 1 aliphatic rings. The maximum Gasteiger partial charge on any atom is 0.0946 e. The van der Waals surface area contributed by atoms with E-state index in [2.05, 4.69) is 76.5 Å². The number of hydrogen-bond acceptors (Lipinski definition) is 3. The van der Waals surface area contributed by atoms with E-state index in [1.54, 1.807) is 0 Å². The van der Waals surface area contributed by atoms with Gasteiger partial charge in [-0.25, -0.2) is 4.98 Å². The van der Waals surface area contributed by atoms with Crippen LogP contribution in [0.5, 0.6) is 0 Å². The normalized spacial score (nSPS) is 25.2. The van der Waals surface area contributed by atoms with Crippen LogP contribution in [0.2, 0.25) is 0 Å². The SMILES string of the molecule is CCC1CSC(CCc2ccccc2)(Cn2ccnc2)SC1. The first-order valence-electron chi connectivity index (χ1n) is 8.07. The van der Waals surface area contributed by atoms with Gasteiger partial charge < -0.3 is 4.57 Å². The number of aromatic nitrogens is 2. The van der Waals surface area contributed by atoms with E-state index >= 15 is 0 Å². The standard InChI is InChI=1S/C18H24N2S2/c1-2-16-12-21-18(22-13-16,14-20-11-10-19-15-20)9-8-17-6-4-3-5-7-17/h3-7,10-11,15-16H,2,8-9,12-14H2,1H3. The van der Waals surface area contributed by atoms with Gasteiger partial charge in [0.1, 0.15) is 0 Å². The first kappa shape index (κ1) is 16.0. The van der Waals surface area contributed by atoms with Crippen LogP contribution in [0.4, 0.5) is 0 Å². The van der Waals surface area contributed by atoms with Crippen LogP contribution in [-0.4, -0.2) is 25.1 Å². The van der Waals surface area contributed by atoms with Crippen molar-refractivity contribution in [1.82, 2.24) is 9.55 Å². The Labute approximate surface area is 142 Å². The van der Waals surface area contributed by atoms with Crippen LogP contribution in [0, 0.1) is 5.92 Å². The van der Waals surface area contributed by atoms with Crippen molar-refractivity contribution in [3.05, 3.63) is 54.6 Å². The molecule has 0 saturated carbocycles. The summed E-state index contributed by atoms with van der Waals surface area (Å²) in [4.78, 5) is 4.21. The zero-order valence-electron chi connectivity index (χ0n) is 13.1. The van der Waals surface area contributed by atoms with E-state index in [4.69, 9.17) is 0 Å². The molecule has 1 saturated heterocycles. The number of imidazole rings is 1. The van der Waals surface area contributed by atoms with Crippen molar-refractivity contribution in [3.63, 3.8) is 0 Å². The molecular weight excluding hydrogens is 308 g/mol.